The summed E-state index contributed by atoms with van der Waals surface area (Å²) in [5, 5.41) is 3.30. The van der Waals surface area contributed by atoms with Crippen molar-refractivity contribution in [2.24, 2.45) is 5.73 Å². The Bertz CT molecular complexity index is 846. The Balaban J connectivity index is 0.00000338. The van der Waals surface area contributed by atoms with Gasteiger partial charge in [-0.2, -0.15) is 0 Å². The molecule has 2 aromatic rings. The van der Waals surface area contributed by atoms with Gasteiger partial charge in [0.25, 0.3) is 0 Å². The van der Waals surface area contributed by atoms with Crippen LogP contribution in [0.4, 0.5) is 5.69 Å². The monoisotopic (exact) mass is 431 g/mol. The minimum absolute atomic E-state index is 0. The van der Waals surface area contributed by atoms with E-state index in [-0.39, 0.29) is 41.3 Å². The molecule has 0 heterocycles. The van der Waals surface area contributed by atoms with Crippen molar-refractivity contribution in [1.29, 1.82) is 0 Å². The number of halogens is 3. The molecule has 2 rings (SSSR count). The van der Waals surface area contributed by atoms with Gasteiger partial charge in [0.15, 0.2) is 10.9 Å². The lowest BCUT2D eigenvalue weighted by molar-refractivity contribution is -0.117. The quantitative estimate of drug-likeness (QED) is 0.559. The number of amides is 1. The number of rotatable bonds is 5. The van der Waals surface area contributed by atoms with Crippen molar-refractivity contribution in [2.75, 3.05) is 18.5 Å². The van der Waals surface area contributed by atoms with Gasteiger partial charge in [0.05, 0.1) is 17.3 Å². The average molecular weight is 433 g/mol. The van der Waals surface area contributed by atoms with E-state index in [0.717, 1.165) is 0 Å². The van der Waals surface area contributed by atoms with Gasteiger partial charge in [-0.15, -0.1) is 12.4 Å². The molecule has 0 atom stereocenters. The fourth-order valence-electron chi connectivity index (χ4n) is 2.19. The van der Waals surface area contributed by atoms with E-state index >= 15 is 0 Å². The predicted molar refractivity (Wildman–Crippen MR) is 112 cm³/mol. The van der Waals surface area contributed by atoms with Crippen molar-refractivity contribution < 1.29 is 9.59 Å². The molecule has 3 N–H and O–H groups in total. The van der Waals surface area contributed by atoms with Crippen LogP contribution < -0.4 is 16.0 Å². The van der Waals surface area contributed by atoms with E-state index in [2.05, 4.69) is 17.5 Å². The molecule has 0 aliphatic carbocycles. The lowest BCUT2D eigenvalue weighted by Gasteiger charge is -2.21. The summed E-state index contributed by atoms with van der Waals surface area (Å²) in [6.07, 6.45) is 0. The van der Waals surface area contributed by atoms with E-state index in [4.69, 9.17) is 28.9 Å². The summed E-state index contributed by atoms with van der Waals surface area (Å²) in [5.74, 6) is -0.645. The molecule has 0 saturated heterocycles. The van der Waals surface area contributed by atoms with Crippen molar-refractivity contribution in [3.8, 4) is 0 Å². The third-order valence-corrected chi connectivity index (χ3v) is 4.18. The molecule has 0 unspecified atom stereocenters. The Hall–Kier alpha value is -1.86. The van der Waals surface area contributed by atoms with Crippen LogP contribution in [0.2, 0.25) is 10.0 Å². The van der Waals surface area contributed by atoms with Crippen molar-refractivity contribution in [3.63, 3.8) is 0 Å². The van der Waals surface area contributed by atoms with Crippen LogP contribution in [0.15, 0.2) is 42.5 Å². The molecule has 0 aliphatic heterocycles. The van der Waals surface area contributed by atoms with Crippen LogP contribution in [0.1, 0.15) is 15.9 Å². The molecule has 0 aliphatic rings. The van der Waals surface area contributed by atoms with Gasteiger partial charge in [-0.05, 0) is 42.5 Å². The fourth-order valence-corrected chi connectivity index (χ4v) is 2.65. The van der Waals surface area contributed by atoms with E-state index < -0.39 is 0 Å². The molecule has 0 bridgehead atoms. The van der Waals surface area contributed by atoms with E-state index in [1.807, 2.05) is 0 Å². The Labute approximate surface area is 172 Å². The second-order valence-electron chi connectivity index (χ2n) is 5.14. The molecule has 26 heavy (non-hydrogen) atoms. The summed E-state index contributed by atoms with van der Waals surface area (Å²) in [6, 6.07) is 11.4. The van der Waals surface area contributed by atoms with Crippen molar-refractivity contribution in [1.82, 2.24) is 5.32 Å². The van der Waals surface area contributed by atoms with Crippen LogP contribution in [-0.2, 0) is 4.79 Å². The average Bonchev–Trinajstić information content (AvgIpc) is 2.58. The minimum Gasteiger partial charge on any atom is -0.376 e. The smallest absolute Gasteiger partial charge is 0.246 e. The van der Waals surface area contributed by atoms with Gasteiger partial charge in [0.2, 0.25) is 5.91 Å². The van der Waals surface area contributed by atoms with Crippen molar-refractivity contribution in [2.45, 2.75) is 0 Å². The Kier molecular flexibility index (Phi) is 8.30. The summed E-state index contributed by atoms with van der Waals surface area (Å²) >= 11 is 16.8. The van der Waals surface area contributed by atoms with Crippen molar-refractivity contribution in [3.05, 3.63) is 63.6 Å². The number of thiocarbonyl (C=S) groups is 1. The maximum absolute atomic E-state index is 12.9. The second-order valence-corrected chi connectivity index (χ2v) is 6.42. The second kappa shape index (κ2) is 9.73. The number of anilines is 1. The van der Waals surface area contributed by atoms with Gasteiger partial charge in [0, 0.05) is 23.2 Å². The molecular formula is C17H16Cl3N3O2S. The normalized spacial score (nSPS) is 9.81. The molecule has 0 fully saturated rings. The van der Waals surface area contributed by atoms with Crippen LogP contribution >= 0.6 is 47.8 Å². The lowest BCUT2D eigenvalue weighted by Crippen LogP contribution is -2.40. The van der Waals surface area contributed by atoms with Gasteiger partial charge < -0.3 is 16.0 Å². The number of carbonyl (C=O) groups is 2. The Morgan fingerprint density at radius 1 is 1.15 bits per heavy atom. The number of nitrogens with two attached hydrogens (primary N) is 1. The third kappa shape index (κ3) is 5.32. The summed E-state index contributed by atoms with van der Waals surface area (Å²) < 4.78 is 0. The van der Waals surface area contributed by atoms with Gasteiger partial charge in [-0.1, -0.05) is 35.3 Å². The third-order valence-electron chi connectivity index (χ3n) is 3.47. The first-order valence-corrected chi connectivity index (χ1v) is 8.36. The highest BCUT2D eigenvalue weighted by Crippen LogP contribution is 2.28. The van der Waals surface area contributed by atoms with Crippen molar-refractivity contribution >= 4 is 70.3 Å². The first-order chi connectivity index (χ1) is 11.8. The number of ketones is 1. The number of hydrogen-bond acceptors (Lipinski definition) is 3. The zero-order valence-corrected chi connectivity index (χ0v) is 16.8. The zero-order chi connectivity index (χ0) is 18.6. The summed E-state index contributed by atoms with van der Waals surface area (Å²) in [7, 11) is 1.55. The molecular weight excluding hydrogens is 417 g/mol. The predicted octanol–water partition coefficient (Wildman–Crippen LogP) is 3.44. The van der Waals surface area contributed by atoms with E-state index in [1.54, 1.807) is 43.4 Å². The first-order valence-electron chi connectivity index (χ1n) is 7.20. The van der Waals surface area contributed by atoms with Crippen LogP contribution in [0, 0.1) is 0 Å². The largest absolute Gasteiger partial charge is 0.376 e. The summed E-state index contributed by atoms with van der Waals surface area (Å²) in [5.41, 5.74) is 6.34. The number of nitrogens with one attached hydrogen (secondary N) is 1. The maximum Gasteiger partial charge on any atom is 0.246 e. The molecule has 5 nitrogen and oxygen atoms in total. The molecule has 2 aromatic carbocycles. The standard InChI is InChI=1S/C17H15Cl2N3O2S.ClH/c1-22(15(23)9-21-17(20)25)14-7-6-10(18)8-12(14)16(24)11-4-2-3-5-13(11)19;/h2-8H,9H2,1H3,(H3,20,21,25);1H. The van der Waals surface area contributed by atoms with Crippen LogP contribution in [0.3, 0.4) is 0 Å². The van der Waals surface area contributed by atoms with Crippen LogP contribution in [0.25, 0.3) is 0 Å². The Morgan fingerprint density at radius 2 is 1.81 bits per heavy atom. The SMILES string of the molecule is CN(C(=O)CNC(N)=S)c1ccc(Cl)cc1C(=O)c1ccccc1Cl.Cl. The number of likely N-dealkylation sites (N-methyl/N-ethyl adjacent to an activating group) is 1. The minimum atomic E-state index is -0.329. The molecule has 0 radical (unpaired) electrons. The van der Waals surface area contributed by atoms with E-state index in [1.165, 1.54) is 11.0 Å². The summed E-state index contributed by atoms with van der Waals surface area (Å²) in [4.78, 5) is 26.5. The molecule has 9 heteroatoms. The van der Waals surface area contributed by atoms with Gasteiger partial charge in [0.1, 0.15) is 0 Å². The topological polar surface area (TPSA) is 75.4 Å². The highest BCUT2D eigenvalue weighted by Gasteiger charge is 2.21. The van der Waals surface area contributed by atoms with E-state index in [0.29, 0.717) is 21.3 Å². The fraction of sp³-hybridized carbons (Fsp3) is 0.118. The number of carbonyl (C=O) groups excluding carboxylic acids is 2. The number of hydrogen-bond donors (Lipinski definition) is 2. The lowest BCUT2D eigenvalue weighted by atomic mass is 10.0. The highest BCUT2D eigenvalue weighted by atomic mass is 35.5. The first kappa shape index (κ1) is 22.2. The number of benzene rings is 2. The maximum atomic E-state index is 12.9. The summed E-state index contributed by atoms with van der Waals surface area (Å²) in [6.45, 7) is -0.0891. The zero-order valence-electron chi connectivity index (χ0n) is 13.7. The van der Waals surface area contributed by atoms with Gasteiger partial charge >= 0.3 is 0 Å². The molecule has 0 spiro atoms. The molecule has 138 valence electrons. The Morgan fingerprint density at radius 3 is 2.42 bits per heavy atom. The van der Waals surface area contributed by atoms with E-state index in [9.17, 15) is 9.59 Å². The number of nitrogens with zero attached hydrogens (tertiary/aromatic N) is 1. The van der Waals surface area contributed by atoms with Gasteiger partial charge in [-0.3, -0.25) is 9.59 Å². The van der Waals surface area contributed by atoms with Gasteiger partial charge in [-0.25, -0.2) is 0 Å². The van der Waals surface area contributed by atoms with Crippen LogP contribution in [-0.4, -0.2) is 30.4 Å². The van der Waals surface area contributed by atoms with Crippen LogP contribution in [0.5, 0.6) is 0 Å². The molecule has 1 amide bonds. The molecule has 0 aromatic heterocycles. The highest BCUT2D eigenvalue weighted by molar-refractivity contribution is 7.80. The molecule has 0 saturated carbocycles.